The second-order valence-corrected chi connectivity index (χ2v) is 22.2. The minimum Gasteiger partial charge on any atom is -0.309 e. The third kappa shape index (κ3) is 5.97. The maximum Gasteiger partial charge on any atom is 0.179 e. The predicted octanol–water partition coefficient (Wildman–Crippen LogP) is 14.4. The molecule has 322 valence electrons. The van der Waals surface area contributed by atoms with Crippen molar-refractivity contribution in [1.29, 1.82) is 0 Å². The first-order valence-electron chi connectivity index (χ1n) is 23.9. The zero-order valence-electron chi connectivity index (χ0n) is 37.8. The topological polar surface area (TPSA) is 9.86 Å². The van der Waals surface area contributed by atoms with Crippen LogP contribution in [0.4, 0.5) is 0 Å². The van der Waals surface area contributed by atoms with E-state index < -0.39 is 8.07 Å². The summed E-state index contributed by atoms with van der Waals surface area (Å²) in [5, 5.41) is 18.1. The molecule has 14 aromatic rings. The number of nitrogens with zero attached hydrogens (tertiary/aromatic N) is 2. The molecule has 0 atom stereocenters. The number of rotatable bonds is 7. The summed E-state index contributed by atoms with van der Waals surface area (Å²) in [6.45, 7) is 0. The average Bonchev–Trinajstić information content (AvgIpc) is 3.94. The lowest BCUT2D eigenvalue weighted by atomic mass is 9.94. The van der Waals surface area contributed by atoms with Gasteiger partial charge in [-0.1, -0.05) is 206 Å². The highest BCUT2D eigenvalue weighted by Crippen LogP contribution is 2.41. The zero-order valence-corrected chi connectivity index (χ0v) is 38.8. The molecule has 0 spiro atoms. The smallest absolute Gasteiger partial charge is 0.179 e. The van der Waals surface area contributed by atoms with Crippen molar-refractivity contribution in [2.45, 2.75) is 0 Å². The van der Waals surface area contributed by atoms with E-state index in [1.54, 1.807) is 0 Å². The molecule has 0 aliphatic heterocycles. The Hall–Kier alpha value is -8.76. The number of aromatic nitrogens is 2. The van der Waals surface area contributed by atoms with Crippen LogP contribution >= 0.6 is 0 Å². The van der Waals surface area contributed by atoms with Gasteiger partial charge in [-0.25, -0.2) is 0 Å². The maximum atomic E-state index is 2.48. The van der Waals surface area contributed by atoms with Crippen molar-refractivity contribution in [3.05, 3.63) is 267 Å². The Balaban J connectivity index is 0.925. The molecule has 0 fully saturated rings. The normalized spacial score (nSPS) is 12.1. The molecule has 0 unspecified atom stereocenters. The van der Waals surface area contributed by atoms with Crippen molar-refractivity contribution in [3.8, 4) is 22.5 Å². The quantitative estimate of drug-likeness (QED) is 0.0857. The van der Waals surface area contributed by atoms with Crippen LogP contribution in [0, 0.1) is 0 Å². The molecule has 2 nitrogen and oxygen atoms in total. The fraction of sp³-hybridized carbons (Fsp3) is 0. The van der Waals surface area contributed by atoms with Crippen molar-refractivity contribution in [3.63, 3.8) is 0 Å². The molecule has 0 saturated heterocycles. The van der Waals surface area contributed by atoms with Gasteiger partial charge in [0, 0.05) is 32.9 Å². The van der Waals surface area contributed by atoms with E-state index in [9.17, 15) is 0 Å². The largest absolute Gasteiger partial charge is 0.309 e. The van der Waals surface area contributed by atoms with E-state index in [1.807, 2.05) is 0 Å². The highest BCUT2D eigenvalue weighted by atomic mass is 28.3. The predicted molar refractivity (Wildman–Crippen MR) is 297 cm³/mol. The van der Waals surface area contributed by atoms with Crippen LogP contribution in [0.5, 0.6) is 0 Å². The van der Waals surface area contributed by atoms with Crippen molar-refractivity contribution in [2.24, 2.45) is 0 Å². The van der Waals surface area contributed by atoms with E-state index in [-0.39, 0.29) is 0 Å². The van der Waals surface area contributed by atoms with E-state index in [4.69, 9.17) is 0 Å². The van der Waals surface area contributed by atoms with Gasteiger partial charge in [-0.15, -0.1) is 0 Å². The van der Waals surface area contributed by atoms with E-state index in [0.717, 1.165) is 11.4 Å². The van der Waals surface area contributed by atoms with Crippen LogP contribution in [0.2, 0.25) is 0 Å². The number of fused-ring (bicyclic) bond motifs is 12. The highest BCUT2D eigenvalue weighted by molar-refractivity contribution is 7.19. The Morgan fingerprint density at radius 3 is 1.04 bits per heavy atom. The van der Waals surface area contributed by atoms with Gasteiger partial charge in [-0.2, -0.15) is 0 Å². The first kappa shape index (κ1) is 39.4. The summed E-state index contributed by atoms with van der Waals surface area (Å²) in [6, 6.07) is 99.5. The number of para-hydroxylation sites is 2. The summed E-state index contributed by atoms with van der Waals surface area (Å²) in [7, 11) is -2.74. The summed E-state index contributed by atoms with van der Waals surface area (Å²) in [5.41, 5.74) is 9.51. The lowest BCUT2D eigenvalue weighted by Gasteiger charge is -2.34. The second-order valence-electron chi connectivity index (χ2n) is 18.4. The van der Waals surface area contributed by atoms with Crippen LogP contribution in [-0.4, -0.2) is 17.2 Å². The van der Waals surface area contributed by atoms with Crippen LogP contribution in [0.3, 0.4) is 0 Å². The van der Waals surface area contributed by atoms with E-state index >= 15 is 0 Å². The van der Waals surface area contributed by atoms with E-state index in [0.29, 0.717) is 0 Å². The first-order valence-corrected chi connectivity index (χ1v) is 25.9. The Morgan fingerprint density at radius 2 is 0.565 bits per heavy atom. The van der Waals surface area contributed by atoms with Gasteiger partial charge in [0.25, 0.3) is 0 Å². The van der Waals surface area contributed by atoms with Gasteiger partial charge in [0.15, 0.2) is 8.07 Å². The van der Waals surface area contributed by atoms with Gasteiger partial charge in [-0.05, 0) is 125 Å². The van der Waals surface area contributed by atoms with Gasteiger partial charge >= 0.3 is 0 Å². The van der Waals surface area contributed by atoms with Crippen LogP contribution in [0.1, 0.15) is 0 Å². The SMILES string of the molecule is c1ccc([Si](c2ccccc2)(c2ccccc2)c2cccc(-n3c4ccccc4c4cc(-c5ccc6c(c5)c5ccccc5n6-c5ccc6c7ccccc7c7ccccc7c6c5)ccc43)c2)cc1. The second kappa shape index (κ2) is 15.7. The molecule has 0 saturated carbocycles. The summed E-state index contributed by atoms with van der Waals surface area (Å²) in [5.74, 6) is 0. The number of hydrogen-bond acceptors (Lipinski definition) is 0. The van der Waals surface area contributed by atoms with E-state index in [1.165, 1.54) is 108 Å². The molecule has 69 heavy (non-hydrogen) atoms. The first-order chi connectivity index (χ1) is 34.2. The Morgan fingerprint density at radius 1 is 0.203 bits per heavy atom. The minimum absolute atomic E-state index is 1.16. The summed E-state index contributed by atoms with van der Waals surface area (Å²) >= 11 is 0. The lowest BCUT2D eigenvalue weighted by Crippen LogP contribution is -2.74. The Kier molecular flexibility index (Phi) is 8.95. The maximum absolute atomic E-state index is 2.74. The van der Waals surface area contributed by atoms with E-state index in [2.05, 4.69) is 276 Å². The zero-order chi connectivity index (χ0) is 45.5. The molecule has 14 rings (SSSR count). The molecule has 2 heterocycles. The highest BCUT2D eigenvalue weighted by Gasteiger charge is 2.41. The molecular weight excluding hydrogens is 849 g/mol. The van der Waals surface area contributed by atoms with Gasteiger partial charge in [0.2, 0.25) is 0 Å². The third-order valence-corrected chi connectivity index (χ3v) is 19.6. The summed E-state index contributed by atoms with van der Waals surface area (Å²) in [6.07, 6.45) is 0. The summed E-state index contributed by atoms with van der Waals surface area (Å²) < 4.78 is 4.93. The number of benzene rings is 12. The van der Waals surface area contributed by atoms with Crippen LogP contribution in [0.25, 0.3) is 98.4 Å². The Bertz CT molecular complexity index is 4170. The molecule has 0 aliphatic carbocycles. The third-order valence-electron chi connectivity index (χ3n) is 14.8. The van der Waals surface area contributed by atoms with Crippen molar-refractivity contribution >= 4 is 105 Å². The molecule has 0 radical (unpaired) electrons. The molecule has 3 heteroatoms. The lowest BCUT2D eigenvalue weighted by molar-refractivity contribution is 1.18. The van der Waals surface area contributed by atoms with Crippen molar-refractivity contribution < 1.29 is 0 Å². The average molecular weight is 893 g/mol. The van der Waals surface area contributed by atoms with Crippen molar-refractivity contribution in [2.75, 3.05) is 0 Å². The molecule has 2 aromatic heterocycles. The van der Waals surface area contributed by atoms with Gasteiger partial charge in [0.1, 0.15) is 0 Å². The Labute approximate surface area is 401 Å². The van der Waals surface area contributed by atoms with Gasteiger partial charge in [0.05, 0.1) is 22.1 Å². The molecular formula is C66H44N2Si. The van der Waals surface area contributed by atoms with Crippen LogP contribution < -0.4 is 20.7 Å². The van der Waals surface area contributed by atoms with Crippen molar-refractivity contribution in [1.82, 2.24) is 9.13 Å². The van der Waals surface area contributed by atoms with Gasteiger partial charge in [-0.3, -0.25) is 0 Å². The van der Waals surface area contributed by atoms with Gasteiger partial charge < -0.3 is 9.13 Å². The molecule has 12 aromatic carbocycles. The van der Waals surface area contributed by atoms with Crippen LogP contribution in [-0.2, 0) is 0 Å². The number of hydrogen-bond donors (Lipinski definition) is 0. The minimum atomic E-state index is -2.74. The standard InChI is InChI=1S/C66H44N2Si/c1-4-20-49(21-5-1)69(50-22-6-2-7-23-50,51-24-8-3-9-25-51)52-26-18-19-47(43-52)67-63-33-16-14-31-58(63)61-41-45(35-39-65(61)67)46-36-40-66-62(42-46)59-32-15-17-34-64(59)68(66)48-37-38-57-55-29-11-10-27-53(55)54-28-12-13-30-56(54)60(57)44-48/h1-44H. The van der Waals surface area contributed by atoms with Crippen LogP contribution in [0.15, 0.2) is 267 Å². The molecule has 0 N–H and O–H groups in total. The molecule has 0 amide bonds. The fourth-order valence-corrected chi connectivity index (χ4v) is 16.6. The molecule has 0 aliphatic rings. The fourth-order valence-electron chi connectivity index (χ4n) is 11.8. The monoisotopic (exact) mass is 892 g/mol. The summed E-state index contributed by atoms with van der Waals surface area (Å²) in [4.78, 5) is 0. The molecule has 0 bridgehead atoms.